The summed E-state index contributed by atoms with van der Waals surface area (Å²) in [5.41, 5.74) is 0.757. The van der Waals surface area contributed by atoms with Gasteiger partial charge in [0.25, 0.3) is 0 Å². The number of ether oxygens (including phenoxy) is 8. The van der Waals surface area contributed by atoms with Gasteiger partial charge in [-0.15, -0.1) is 0 Å². The quantitative estimate of drug-likeness (QED) is 0.232. The number of nitrogens with zero attached hydrogens (tertiary/aromatic N) is 4. The molecule has 4 saturated heterocycles. The molecule has 5 heterocycles. The minimum atomic E-state index is -0.636. The zero-order chi connectivity index (χ0) is 41.7. The molecule has 0 radical (unpaired) electrons. The number of carbonyl (C=O) groups excluding carboxylic acids is 2. The number of cyclic esters (lactones) is 1. The first-order valence-corrected chi connectivity index (χ1v) is 22.3. The summed E-state index contributed by atoms with van der Waals surface area (Å²) in [6, 6.07) is 2.58. The standard InChI is InChI=1S/C45H68N4O10/c1-10-26-12-11-13-34(59-37-15-14-33(48(5)6)24(3)55-37)23(2)41(51)32-20-29-28-18-27(58-45-44(54-9)43(53-8)42(52-7)25(4)56-45)19-31(28)39-40(38(29)30(32)21-36(50)57-26)49(39)35-16-17-46-22-47-35/h16-17,20,22-31,33-34,37-40,42-45H,10-15,18-19,21H2,1-9H3/t23-,24?,25?,26+,27+,28+,29+,30-,31-,33+,34+,37+,38-,39+,40-,42+,43?,44+,45+,49?/m1/s1. The number of aromatic nitrogens is 2. The van der Waals surface area contributed by atoms with Gasteiger partial charge in [0.2, 0.25) is 0 Å². The third kappa shape index (κ3) is 8.26. The summed E-state index contributed by atoms with van der Waals surface area (Å²) < 4.78 is 50.4. The highest BCUT2D eigenvalue weighted by Crippen LogP contribution is 2.64. The van der Waals surface area contributed by atoms with E-state index in [0.717, 1.165) is 56.3 Å². The number of hydrogen-bond donors (Lipinski definition) is 0. The van der Waals surface area contributed by atoms with Crippen LogP contribution in [0.5, 0.6) is 0 Å². The zero-order valence-electron chi connectivity index (χ0n) is 36.5. The Balaban J connectivity index is 1.10. The van der Waals surface area contributed by atoms with Crippen molar-refractivity contribution >= 4 is 17.6 Å². The molecule has 3 aliphatic carbocycles. The highest BCUT2D eigenvalue weighted by atomic mass is 16.7. The molecule has 7 aliphatic rings. The summed E-state index contributed by atoms with van der Waals surface area (Å²) in [5.74, 6) is 0.618. The Bertz CT molecular complexity index is 1650. The second-order valence-electron chi connectivity index (χ2n) is 18.6. The molecule has 4 aliphatic heterocycles. The fraction of sp³-hybridized carbons (Fsp3) is 0.822. The lowest BCUT2D eigenvalue weighted by Crippen LogP contribution is -2.59. The number of ketones is 1. The van der Waals surface area contributed by atoms with Crippen LogP contribution in [0, 0.1) is 35.5 Å². The lowest BCUT2D eigenvalue weighted by atomic mass is 9.66. The van der Waals surface area contributed by atoms with Crippen LogP contribution < -0.4 is 4.90 Å². The molecule has 328 valence electrons. The van der Waals surface area contributed by atoms with Crippen molar-refractivity contribution in [2.75, 3.05) is 40.3 Å². The fourth-order valence-corrected chi connectivity index (χ4v) is 12.4. The molecule has 0 spiro atoms. The van der Waals surface area contributed by atoms with E-state index in [-0.39, 0.29) is 109 Å². The number of likely N-dealkylation sites (N-methyl/N-ethyl adjacent to an activating group) is 1. The number of allylic oxidation sites excluding steroid dienone is 2. The summed E-state index contributed by atoms with van der Waals surface area (Å²) >= 11 is 0. The number of esters is 1. The van der Waals surface area contributed by atoms with Crippen LogP contribution in [-0.4, -0.2) is 142 Å². The second-order valence-corrected chi connectivity index (χ2v) is 18.6. The van der Waals surface area contributed by atoms with Crippen LogP contribution in [0.15, 0.2) is 30.2 Å². The van der Waals surface area contributed by atoms with Gasteiger partial charge in [0.15, 0.2) is 18.4 Å². The molecule has 14 nitrogen and oxygen atoms in total. The number of rotatable bonds is 10. The predicted octanol–water partition coefficient (Wildman–Crippen LogP) is 4.98. The summed E-state index contributed by atoms with van der Waals surface area (Å²) in [7, 11) is 9.17. The van der Waals surface area contributed by atoms with Gasteiger partial charge in [-0.25, -0.2) is 9.97 Å². The highest BCUT2D eigenvalue weighted by molar-refractivity contribution is 5.99. The molecule has 19 atom stereocenters. The minimum absolute atomic E-state index is 0.0172. The molecule has 8 rings (SSSR count). The molecule has 6 fully saturated rings. The van der Waals surface area contributed by atoms with E-state index in [1.165, 1.54) is 0 Å². The van der Waals surface area contributed by atoms with Crippen molar-refractivity contribution in [2.24, 2.45) is 35.5 Å². The van der Waals surface area contributed by atoms with Crippen LogP contribution in [-0.2, 0) is 47.5 Å². The Morgan fingerprint density at radius 2 is 1.64 bits per heavy atom. The average molecular weight is 825 g/mol. The average Bonchev–Trinajstić information content (AvgIpc) is 3.63. The van der Waals surface area contributed by atoms with Gasteiger partial charge >= 0.3 is 5.97 Å². The molecule has 0 amide bonds. The SMILES string of the molecule is CC[C@H]1CCC[C@H](O[C@H]2CC[C@H](N(C)C)C(C)O2)[C@@H](C)C(=O)C2=C[C@H]3[C@@H]4C[C@H](O[C@@H]5OC(C)[C@H](OC)C(OC)[C@@H]5OC)C[C@H]4[C@H]4[C@@H]([C@H]3[C@@H]2CC(=O)O1)N4c1ccncn1. The number of hydrogen-bond acceptors (Lipinski definition) is 14. The Morgan fingerprint density at radius 1 is 0.881 bits per heavy atom. The predicted molar refractivity (Wildman–Crippen MR) is 217 cm³/mol. The Hall–Kier alpha value is -2.56. The summed E-state index contributed by atoms with van der Waals surface area (Å²) in [6.45, 7) is 8.19. The molecule has 59 heavy (non-hydrogen) atoms. The van der Waals surface area contributed by atoms with Gasteiger partial charge < -0.3 is 47.7 Å². The Labute approximate surface area is 350 Å². The van der Waals surface area contributed by atoms with Crippen molar-refractivity contribution in [2.45, 2.75) is 165 Å². The van der Waals surface area contributed by atoms with Crippen molar-refractivity contribution in [3.8, 4) is 0 Å². The van der Waals surface area contributed by atoms with Crippen molar-refractivity contribution < 1.29 is 47.5 Å². The monoisotopic (exact) mass is 824 g/mol. The van der Waals surface area contributed by atoms with E-state index in [1.807, 2.05) is 19.9 Å². The maximum Gasteiger partial charge on any atom is 0.306 e. The summed E-state index contributed by atoms with van der Waals surface area (Å²) in [5, 5.41) is 0. The van der Waals surface area contributed by atoms with Gasteiger partial charge in [-0.05, 0) is 115 Å². The fourth-order valence-electron chi connectivity index (χ4n) is 12.4. The first kappa shape index (κ1) is 43.1. The Kier molecular flexibility index (Phi) is 13.2. The van der Waals surface area contributed by atoms with Crippen molar-refractivity contribution in [1.82, 2.24) is 14.9 Å². The first-order valence-electron chi connectivity index (χ1n) is 22.3. The minimum Gasteiger partial charge on any atom is -0.462 e. The maximum atomic E-state index is 15.1. The highest BCUT2D eigenvalue weighted by Gasteiger charge is 2.69. The molecule has 2 saturated carbocycles. The molecule has 1 aromatic heterocycles. The molecular formula is C45H68N4O10. The zero-order valence-corrected chi connectivity index (χ0v) is 36.5. The maximum absolute atomic E-state index is 15.1. The van der Waals surface area contributed by atoms with Gasteiger partial charge in [0, 0.05) is 45.4 Å². The number of fused-ring (bicyclic) bond motifs is 8. The van der Waals surface area contributed by atoms with Gasteiger partial charge in [-0.1, -0.05) is 19.9 Å². The molecular weight excluding hydrogens is 757 g/mol. The number of Topliss-reactive ketones (excluding diaryl/α,β-unsaturated/α-hetero) is 1. The van der Waals surface area contributed by atoms with Crippen LogP contribution >= 0.6 is 0 Å². The lowest BCUT2D eigenvalue weighted by molar-refractivity contribution is -0.314. The molecule has 14 heteroatoms. The third-order valence-corrected chi connectivity index (χ3v) is 15.2. The van der Waals surface area contributed by atoms with E-state index >= 15 is 4.79 Å². The van der Waals surface area contributed by atoms with E-state index < -0.39 is 18.3 Å². The van der Waals surface area contributed by atoms with Crippen LogP contribution in [0.1, 0.15) is 85.5 Å². The molecule has 0 bridgehead atoms. The van der Waals surface area contributed by atoms with Crippen molar-refractivity contribution in [1.29, 1.82) is 0 Å². The van der Waals surface area contributed by atoms with E-state index in [2.05, 4.69) is 48.8 Å². The normalized spacial score (nSPS) is 45.0. The first-order chi connectivity index (χ1) is 28.5. The van der Waals surface area contributed by atoms with Crippen molar-refractivity contribution in [3.05, 3.63) is 30.2 Å². The number of carbonyl (C=O) groups is 2. The van der Waals surface area contributed by atoms with E-state index in [1.54, 1.807) is 33.9 Å². The lowest BCUT2D eigenvalue weighted by Gasteiger charge is -2.44. The Morgan fingerprint density at radius 3 is 2.32 bits per heavy atom. The van der Waals surface area contributed by atoms with Crippen LogP contribution in [0.2, 0.25) is 0 Å². The number of methoxy groups -OCH3 is 3. The smallest absolute Gasteiger partial charge is 0.306 e. The van der Waals surface area contributed by atoms with E-state index in [0.29, 0.717) is 12.5 Å². The topological polar surface area (TPSA) is 140 Å². The molecule has 0 N–H and O–H groups in total. The number of anilines is 1. The van der Waals surface area contributed by atoms with Gasteiger partial charge in [0.05, 0.1) is 42.9 Å². The van der Waals surface area contributed by atoms with Crippen LogP contribution in [0.4, 0.5) is 5.82 Å². The van der Waals surface area contributed by atoms with Crippen molar-refractivity contribution in [3.63, 3.8) is 0 Å². The molecule has 3 unspecified atom stereocenters. The molecule has 0 aromatic carbocycles. The molecule has 1 aromatic rings. The second kappa shape index (κ2) is 18.0. The summed E-state index contributed by atoms with van der Waals surface area (Å²) in [6.07, 6.45) is 9.12. The third-order valence-electron chi connectivity index (χ3n) is 15.2. The van der Waals surface area contributed by atoms with Crippen LogP contribution in [0.3, 0.4) is 0 Å². The van der Waals surface area contributed by atoms with Crippen LogP contribution in [0.25, 0.3) is 0 Å². The van der Waals surface area contributed by atoms with Gasteiger partial charge in [-0.2, -0.15) is 0 Å². The summed E-state index contributed by atoms with van der Waals surface area (Å²) in [4.78, 5) is 42.6. The van der Waals surface area contributed by atoms with Gasteiger partial charge in [0.1, 0.15) is 36.6 Å². The largest absolute Gasteiger partial charge is 0.462 e. The van der Waals surface area contributed by atoms with Gasteiger partial charge in [-0.3, -0.25) is 9.59 Å². The van der Waals surface area contributed by atoms with E-state index in [4.69, 9.17) is 42.9 Å². The van der Waals surface area contributed by atoms with E-state index in [9.17, 15) is 4.79 Å².